The molecule has 0 bridgehead atoms. The van der Waals surface area contributed by atoms with Crippen molar-refractivity contribution in [1.82, 2.24) is 0 Å². The molecule has 3 aromatic rings. The van der Waals surface area contributed by atoms with Gasteiger partial charge in [0, 0.05) is 17.7 Å². The van der Waals surface area contributed by atoms with E-state index in [0.717, 1.165) is 24.3 Å². The van der Waals surface area contributed by atoms with Crippen molar-refractivity contribution in [1.29, 1.82) is 0 Å². The molecular formula is C21H20O12. The Morgan fingerprint density at radius 2 is 1.48 bits per heavy atom. The van der Waals surface area contributed by atoms with Gasteiger partial charge in [0.15, 0.2) is 23.0 Å². The fourth-order valence-corrected chi connectivity index (χ4v) is 3.53. The molecule has 1 saturated heterocycles. The van der Waals surface area contributed by atoms with E-state index in [-0.39, 0.29) is 11.1 Å². The van der Waals surface area contributed by atoms with Gasteiger partial charge in [0.05, 0.1) is 6.10 Å². The predicted molar refractivity (Wildman–Crippen MR) is 109 cm³/mol. The van der Waals surface area contributed by atoms with Crippen molar-refractivity contribution in [3.63, 3.8) is 0 Å². The summed E-state index contributed by atoms with van der Waals surface area (Å²) in [4.78, 5) is 13.2. The lowest BCUT2D eigenvalue weighted by atomic mass is 10.00. The van der Waals surface area contributed by atoms with Crippen LogP contribution in [0, 0.1) is 0 Å². The van der Waals surface area contributed by atoms with Crippen LogP contribution in [0.25, 0.3) is 22.3 Å². The molecule has 8 N–H and O–H groups in total. The molecular weight excluding hydrogens is 444 g/mol. The summed E-state index contributed by atoms with van der Waals surface area (Å²) < 4.78 is 16.5. The minimum Gasteiger partial charge on any atom is -0.508 e. The Hall–Kier alpha value is -3.71. The molecule has 0 aliphatic carbocycles. The van der Waals surface area contributed by atoms with Crippen LogP contribution in [-0.4, -0.2) is 71.6 Å². The first-order valence-electron chi connectivity index (χ1n) is 9.64. The summed E-state index contributed by atoms with van der Waals surface area (Å²) in [5.74, 6) is -4.55. The molecule has 1 aliphatic heterocycles. The normalized spacial score (nSPS) is 25.3. The number of fused-ring (bicyclic) bond motifs is 1. The van der Waals surface area contributed by atoms with E-state index in [1.807, 2.05) is 0 Å². The molecule has 1 aromatic heterocycles. The lowest BCUT2D eigenvalue weighted by Crippen LogP contribution is -2.58. The van der Waals surface area contributed by atoms with Crippen LogP contribution in [-0.2, 0) is 4.74 Å². The Bertz CT molecular complexity index is 1260. The van der Waals surface area contributed by atoms with Crippen molar-refractivity contribution >= 4 is 11.0 Å². The van der Waals surface area contributed by atoms with E-state index in [2.05, 4.69) is 0 Å². The quantitative estimate of drug-likeness (QED) is 0.244. The zero-order valence-electron chi connectivity index (χ0n) is 16.9. The van der Waals surface area contributed by atoms with Gasteiger partial charge in [-0.2, -0.15) is 0 Å². The second-order valence-electron chi connectivity index (χ2n) is 7.59. The standard InChI is InChI=1S/C21H20O12/c1-6-14(26)17(29)18(30)21(31-6)33-20-16(28)13-9(23)4-8(22)5-12(13)32-19(20)7-2-10(24)15(27)11(25)3-7/h2-6,14,17-18,21-27,29-30H,1H3/t6-,14+,17+,18+,21-/m0/s1. The highest BCUT2D eigenvalue weighted by Crippen LogP contribution is 2.43. The lowest BCUT2D eigenvalue weighted by molar-refractivity contribution is -0.268. The Kier molecular flexibility index (Phi) is 5.46. The van der Waals surface area contributed by atoms with E-state index < -0.39 is 81.8 Å². The maximum atomic E-state index is 13.2. The minimum absolute atomic E-state index is 0.168. The molecule has 5 atom stereocenters. The molecule has 4 rings (SSSR count). The van der Waals surface area contributed by atoms with Gasteiger partial charge in [-0.05, 0) is 19.1 Å². The summed E-state index contributed by atoms with van der Waals surface area (Å²) in [6.07, 6.45) is -7.59. The van der Waals surface area contributed by atoms with Crippen LogP contribution in [0.1, 0.15) is 6.92 Å². The van der Waals surface area contributed by atoms with Crippen LogP contribution >= 0.6 is 0 Å². The largest absolute Gasteiger partial charge is 0.508 e. The number of aliphatic hydroxyl groups is 3. The van der Waals surface area contributed by atoms with Gasteiger partial charge < -0.3 is 54.7 Å². The summed E-state index contributed by atoms with van der Waals surface area (Å²) in [6, 6.07) is 3.79. The minimum atomic E-state index is -1.80. The van der Waals surface area contributed by atoms with Crippen LogP contribution in [0.2, 0.25) is 0 Å². The number of benzene rings is 2. The number of aliphatic hydroxyl groups excluding tert-OH is 3. The maximum absolute atomic E-state index is 13.2. The van der Waals surface area contributed by atoms with Gasteiger partial charge in [-0.3, -0.25) is 4.79 Å². The fraction of sp³-hybridized carbons (Fsp3) is 0.286. The Morgan fingerprint density at radius 3 is 2.12 bits per heavy atom. The van der Waals surface area contributed by atoms with E-state index >= 15 is 0 Å². The van der Waals surface area contributed by atoms with Gasteiger partial charge in [-0.25, -0.2) is 0 Å². The highest BCUT2D eigenvalue weighted by molar-refractivity contribution is 5.88. The summed E-state index contributed by atoms with van der Waals surface area (Å²) in [6.45, 7) is 1.39. The lowest BCUT2D eigenvalue weighted by Gasteiger charge is -2.38. The molecule has 0 unspecified atom stereocenters. The molecule has 2 heterocycles. The van der Waals surface area contributed by atoms with E-state index in [9.17, 15) is 45.6 Å². The van der Waals surface area contributed by atoms with Crippen LogP contribution in [0.15, 0.2) is 33.5 Å². The summed E-state index contributed by atoms with van der Waals surface area (Å²) >= 11 is 0. The highest BCUT2D eigenvalue weighted by atomic mass is 16.7. The number of aromatic hydroxyl groups is 5. The van der Waals surface area contributed by atoms with Crippen LogP contribution < -0.4 is 10.2 Å². The third kappa shape index (κ3) is 3.74. The van der Waals surface area contributed by atoms with Gasteiger partial charge in [-0.15, -0.1) is 0 Å². The number of hydrogen-bond acceptors (Lipinski definition) is 12. The predicted octanol–water partition coefficient (Wildman–Crippen LogP) is 0.194. The maximum Gasteiger partial charge on any atom is 0.239 e. The molecule has 1 aliphatic rings. The third-order valence-corrected chi connectivity index (χ3v) is 5.29. The van der Waals surface area contributed by atoms with E-state index in [0.29, 0.717) is 0 Å². The van der Waals surface area contributed by atoms with Gasteiger partial charge in [0.1, 0.15) is 40.8 Å². The molecule has 1 fully saturated rings. The first kappa shape index (κ1) is 22.5. The highest BCUT2D eigenvalue weighted by Gasteiger charge is 2.44. The molecule has 0 spiro atoms. The van der Waals surface area contributed by atoms with Crippen molar-refractivity contribution in [3.05, 3.63) is 34.5 Å². The number of hydrogen-bond donors (Lipinski definition) is 8. The van der Waals surface area contributed by atoms with Gasteiger partial charge in [-0.1, -0.05) is 0 Å². The number of ether oxygens (including phenoxy) is 2. The number of phenols is 5. The second-order valence-corrected chi connectivity index (χ2v) is 7.59. The number of phenolic OH excluding ortho intramolecular Hbond substituents is 5. The van der Waals surface area contributed by atoms with Crippen molar-refractivity contribution in [2.75, 3.05) is 0 Å². The first-order valence-corrected chi connectivity index (χ1v) is 9.64. The zero-order valence-corrected chi connectivity index (χ0v) is 16.9. The molecule has 0 saturated carbocycles. The Balaban J connectivity index is 1.95. The van der Waals surface area contributed by atoms with Crippen molar-refractivity contribution < 1.29 is 54.7 Å². The summed E-state index contributed by atoms with van der Waals surface area (Å²) in [5, 5.41) is 79.1. The zero-order chi connectivity index (χ0) is 24.2. The number of rotatable bonds is 3. The topological polar surface area (TPSA) is 211 Å². The average Bonchev–Trinajstić information content (AvgIpc) is 2.74. The monoisotopic (exact) mass is 464 g/mol. The van der Waals surface area contributed by atoms with Gasteiger partial charge in [0.2, 0.25) is 17.5 Å². The molecule has 12 heteroatoms. The molecule has 33 heavy (non-hydrogen) atoms. The molecule has 12 nitrogen and oxygen atoms in total. The van der Waals surface area contributed by atoms with Crippen molar-refractivity contribution in [2.24, 2.45) is 0 Å². The van der Waals surface area contributed by atoms with E-state index in [4.69, 9.17) is 13.9 Å². The average molecular weight is 464 g/mol. The smallest absolute Gasteiger partial charge is 0.239 e. The van der Waals surface area contributed by atoms with Gasteiger partial charge in [0.25, 0.3) is 0 Å². The second kappa shape index (κ2) is 8.01. The van der Waals surface area contributed by atoms with E-state index in [1.54, 1.807) is 0 Å². The Morgan fingerprint density at radius 1 is 0.848 bits per heavy atom. The fourth-order valence-electron chi connectivity index (χ4n) is 3.53. The van der Waals surface area contributed by atoms with Crippen molar-refractivity contribution in [3.8, 4) is 45.8 Å². The SMILES string of the molecule is C[C@@H]1O[C@@H](Oc2c(-c3cc(O)c(O)c(O)c3)oc3cc(O)cc(O)c3c2=O)[C@H](O)[C@H](O)[C@@H]1O. The van der Waals surface area contributed by atoms with Gasteiger partial charge >= 0.3 is 0 Å². The molecule has 2 aromatic carbocycles. The van der Waals surface area contributed by atoms with Crippen LogP contribution in [0.3, 0.4) is 0 Å². The Labute approximate surface area is 184 Å². The molecule has 0 amide bonds. The van der Waals surface area contributed by atoms with Crippen LogP contribution in [0.4, 0.5) is 0 Å². The summed E-state index contributed by atoms with van der Waals surface area (Å²) in [7, 11) is 0. The molecule has 0 radical (unpaired) electrons. The molecule has 176 valence electrons. The van der Waals surface area contributed by atoms with Crippen molar-refractivity contribution in [2.45, 2.75) is 37.6 Å². The third-order valence-electron chi connectivity index (χ3n) is 5.29. The first-order chi connectivity index (χ1) is 15.5. The van der Waals surface area contributed by atoms with E-state index in [1.165, 1.54) is 6.92 Å². The van der Waals surface area contributed by atoms with Crippen LogP contribution in [0.5, 0.6) is 34.5 Å². The summed E-state index contributed by atoms with van der Waals surface area (Å²) in [5.41, 5.74) is -1.45.